The van der Waals surface area contributed by atoms with Crippen molar-refractivity contribution in [3.8, 4) is 0 Å². The predicted octanol–water partition coefficient (Wildman–Crippen LogP) is 5.15. The first kappa shape index (κ1) is 20.8. The minimum absolute atomic E-state index is 0.103. The normalized spacial score (nSPS) is 23.2. The van der Waals surface area contributed by atoms with E-state index in [0.29, 0.717) is 23.7 Å². The molecule has 0 spiro atoms. The highest BCUT2D eigenvalue weighted by Crippen LogP contribution is 2.38. The fourth-order valence-corrected chi connectivity index (χ4v) is 4.13. The van der Waals surface area contributed by atoms with Gasteiger partial charge in [0.1, 0.15) is 5.76 Å². The fourth-order valence-electron chi connectivity index (χ4n) is 4.13. The number of hydrogen-bond acceptors (Lipinski definition) is 5. The molecule has 5 heteroatoms. The average molecular weight is 386 g/mol. The van der Waals surface area contributed by atoms with Crippen LogP contribution in [0.15, 0.2) is 38.9 Å². The van der Waals surface area contributed by atoms with Crippen molar-refractivity contribution in [1.82, 2.24) is 15.5 Å². The lowest BCUT2D eigenvalue weighted by atomic mass is 9.70. The summed E-state index contributed by atoms with van der Waals surface area (Å²) >= 11 is 0. The van der Waals surface area contributed by atoms with Crippen molar-refractivity contribution in [2.75, 3.05) is 6.54 Å². The molecule has 1 N–H and O–H groups in total. The Morgan fingerprint density at radius 2 is 2.04 bits per heavy atom. The van der Waals surface area contributed by atoms with E-state index in [1.54, 1.807) is 6.26 Å². The van der Waals surface area contributed by atoms with Gasteiger partial charge >= 0.3 is 0 Å². The van der Waals surface area contributed by atoms with Gasteiger partial charge in [0, 0.05) is 18.4 Å². The van der Waals surface area contributed by atoms with Gasteiger partial charge in [0.15, 0.2) is 0 Å². The lowest BCUT2D eigenvalue weighted by Gasteiger charge is -2.37. The molecule has 0 radical (unpaired) electrons. The molecule has 154 valence electrons. The maximum Gasteiger partial charge on any atom is 0.221 e. The fraction of sp³-hybridized carbons (Fsp3) is 0.652. The molecule has 0 saturated heterocycles. The van der Waals surface area contributed by atoms with E-state index < -0.39 is 0 Å². The highest BCUT2D eigenvalue weighted by atomic mass is 16.4. The Morgan fingerprint density at radius 1 is 1.25 bits per heavy atom. The zero-order valence-electron chi connectivity index (χ0n) is 18.2. The summed E-state index contributed by atoms with van der Waals surface area (Å²) in [5.74, 6) is 4.76. The third-order valence-corrected chi connectivity index (χ3v) is 5.87. The number of rotatable bonds is 7. The molecular weight excluding hydrogens is 350 g/mol. The number of hydrogen-bond donors (Lipinski definition) is 1. The van der Waals surface area contributed by atoms with E-state index in [0.717, 1.165) is 37.1 Å². The van der Waals surface area contributed by atoms with Crippen molar-refractivity contribution >= 4 is 0 Å². The van der Waals surface area contributed by atoms with Crippen LogP contribution in [0.25, 0.3) is 0 Å². The summed E-state index contributed by atoms with van der Waals surface area (Å²) in [4.78, 5) is 0. The summed E-state index contributed by atoms with van der Waals surface area (Å²) in [6.07, 6.45) is 6.20. The topological polar surface area (TPSA) is 64.1 Å². The molecule has 0 amide bonds. The van der Waals surface area contributed by atoms with Gasteiger partial charge in [0.25, 0.3) is 0 Å². The van der Waals surface area contributed by atoms with Gasteiger partial charge in [-0.05, 0) is 49.1 Å². The second-order valence-corrected chi connectivity index (χ2v) is 9.58. The third-order valence-electron chi connectivity index (χ3n) is 5.87. The second kappa shape index (κ2) is 8.64. The van der Waals surface area contributed by atoms with Crippen molar-refractivity contribution in [2.24, 2.45) is 23.7 Å². The van der Waals surface area contributed by atoms with Gasteiger partial charge in [-0.1, -0.05) is 46.3 Å². The summed E-state index contributed by atoms with van der Waals surface area (Å²) in [5, 5.41) is 12.1. The van der Waals surface area contributed by atoms with Crippen molar-refractivity contribution in [3.05, 3.63) is 47.6 Å². The highest BCUT2D eigenvalue weighted by molar-refractivity contribution is 5.14. The first-order chi connectivity index (χ1) is 13.2. The van der Waals surface area contributed by atoms with E-state index in [1.807, 2.05) is 12.1 Å². The zero-order valence-corrected chi connectivity index (χ0v) is 18.2. The van der Waals surface area contributed by atoms with Gasteiger partial charge in [0.2, 0.25) is 11.8 Å². The lowest BCUT2D eigenvalue weighted by Crippen LogP contribution is -2.34. The molecule has 0 fully saturated rings. The molecule has 3 atom stereocenters. The van der Waals surface area contributed by atoms with E-state index in [9.17, 15) is 0 Å². The molecule has 2 aromatic rings. The molecule has 3 rings (SSSR count). The molecule has 0 aliphatic heterocycles. The number of nitrogens with zero attached hydrogens (tertiary/aromatic N) is 2. The number of allylic oxidation sites excluding steroid dienone is 1. The molecule has 5 nitrogen and oxygen atoms in total. The van der Waals surface area contributed by atoms with Gasteiger partial charge in [-0.2, -0.15) is 0 Å². The van der Waals surface area contributed by atoms with E-state index in [-0.39, 0.29) is 5.41 Å². The Kier molecular flexibility index (Phi) is 6.43. The molecular formula is C23H35N3O2. The van der Waals surface area contributed by atoms with Crippen LogP contribution < -0.4 is 5.32 Å². The van der Waals surface area contributed by atoms with Gasteiger partial charge in [-0.25, -0.2) is 0 Å². The number of furan rings is 1. The molecule has 0 unspecified atom stereocenters. The smallest absolute Gasteiger partial charge is 0.221 e. The second-order valence-electron chi connectivity index (χ2n) is 9.58. The molecule has 1 aliphatic rings. The Labute approximate surface area is 169 Å². The van der Waals surface area contributed by atoms with E-state index >= 15 is 0 Å². The summed E-state index contributed by atoms with van der Waals surface area (Å²) in [7, 11) is 0. The summed E-state index contributed by atoms with van der Waals surface area (Å²) in [6.45, 7) is 15.0. The first-order valence-corrected chi connectivity index (χ1v) is 10.5. The van der Waals surface area contributed by atoms with Crippen LogP contribution in [-0.4, -0.2) is 16.7 Å². The average Bonchev–Trinajstić information content (AvgIpc) is 3.28. The molecule has 0 saturated carbocycles. The first-order valence-electron chi connectivity index (χ1n) is 10.5. The molecule has 2 heterocycles. The van der Waals surface area contributed by atoms with Crippen LogP contribution in [0.1, 0.15) is 65.5 Å². The van der Waals surface area contributed by atoms with Crippen LogP contribution in [0.2, 0.25) is 0 Å². The molecule has 0 bridgehead atoms. The summed E-state index contributed by atoms with van der Waals surface area (Å²) in [6, 6.07) is 3.95. The van der Waals surface area contributed by atoms with Gasteiger partial charge in [-0.15, -0.1) is 10.2 Å². The maximum atomic E-state index is 5.96. The molecule has 1 aliphatic carbocycles. The summed E-state index contributed by atoms with van der Waals surface area (Å²) in [5.41, 5.74) is 1.34. The zero-order chi connectivity index (χ0) is 20.3. The largest absolute Gasteiger partial charge is 0.468 e. The van der Waals surface area contributed by atoms with Gasteiger partial charge in [-0.3, -0.25) is 0 Å². The Bertz CT molecular complexity index is 768. The van der Waals surface area contributed by atoms with Gasteiger partial charge in [0.05, 0.1) is 12.8 Å². The molecule has 2 aromatic heterocycles. The van der Waals surface area contributed by atoms with Crippen LogP contribution in [0.5, 0.6) is 0 Å². The Morgan fingerprint density at radius 3 is 2.64 bits per heavy atom. The lowest BCUT2D eigenvalue weighted by molar-refractivity contribution is 0.216. The summed E-state index contributed by atoms with van der Waals surface area (Å²) < 4.78 is 11.4. The van der Waals surface area contributed by atoms with Crippen LogP contribution in [0.3, 0.4) is 0 Å². The molecule has 0 aromatic carbocycles. The van der Waals surface area contributed by atoms with Crippen molar-refractivity contribution in [1.29, 1.82) is 0 Å². The predicted molar refractivity (Wildman–Crippen MR) is 111 cm³/mol. The standard InChI is InChI=1S/C23H35N3O2/c1-15(2)20-11-17(12-21-25-26-22(28-21)23(4,5)6)16(3)10-18(20)13-24-14-19-8-7-9-27-19/h7-10,15,17-18,20,24H,11-14H2,1-6H3/t17-,18-,20-/m0/s1. The minimum Gasteiger partial charge on any atom is -0.468 e. The van der Waals surface area contributed by atoms with Crippen molar-refractivity contribution < 1.29 is 8.83 Å². The molecule has 28 heavy (non-hydrogen) atoms. The van der Waals surface area contributed by atoms with E-state index in [1.165, 1.54) is 12.0 Å². The Balaban J connectivity index is 1.65. The van der Waals surface area contributed by atoms with Gasteiger partial charge < -0.3 is 14.2 Å². The van der Waals surface area contributed by atoms with Crippen LogP contribution >= 0.6 is 0 Å². The third kappa shape index (κ3) is 5.13. The Hall–Kier alpha value is -1.88. The minimum atomic E-state index is -0.103. The van der Waals surface area contributed by atoms with Crippen LogP contribution in [-0.2, 0) is 18.4 Å². The SMILES string of the molecule is CC1=C[C@@H](CNCc2ccco2)[C@H](C(C)C)C[C@H]1Cc1nnc(C(C)(C)C)o1. The van der Waals surface area contributed by atoms with E-state index in [4.69, 9.17) is 8.83 Å². The monoisotopic (exact) mass is 385 g/mol. The highest BCUT2D eigenvalue weighted by Gasteiger charge is 2.32. The quantitative estimate of drug-likeness (QED) is 0.668. The number of nitrogens with one attached hydrogen (secondary N) is 1. The van der Waals surface area contributed by atoms with Crippen LogP contribution in [0, 0.1) is 23.7 Å². The van der Waals surface area contributed by atoms with Crippen molar-refractivity contribution in [2.45, 2.75) is 66.3 Å². The maximum absolute atomic E-state index is 5.96. The van der Waals surface area contributed by atoms with Crippen LogP contribution in [0.4, 0.5) is 0 Å². The number of aromatic nitrogens is 2. The van der Waals surface area contributed by atoms with Crippen molar-refractivity contribution in [3.63, 3.8) is 0 Å². The van der Waals surface area contributed by atoms with E-state index in [2.05, 4.69) is 63.1 Å².